The number of nitrogens with zero attached hydrogens (tertiary/aromatic N) is 4. The Bertz CT molecular complexity index is 1190. The quantitative estimate of drug-likeness (QED) is 0.405. The lowest BCUT2D eigenvalue weighted by Crippen LogP contribution is -2.14. The minimum absolute atomic E-state index is 0.0883. The van der Waals surface area contributed by atoms with Gasteiger partial charge < -0.3 is 9.88 Å². The molecule has 9 heteroatoms. The number of thioether (sulfide) groups is 1. The van der Waals surface area contributed by atoms with Gasteiger partial charge in [0.1, 0.15) is 10.8 Å². The van der Waals surface area contributed by atoms with Crippen molar-refractivity contribution in [2.24, 2.45) is 7.05 Å². The third-order valence-electron chi connectivity index (χ3n) is 4.53. The van der Waals surface area contributed by atoms with Crippen LogP contribution in [0.3, 0.4) is 0 Å². The van der Waals surface area contributed by atoms with Crippen molar-refractivity contribution in [2.45, 2.75) is 24.3 Å². The lowest BCUT2D eigenvalue weighted by Gasteiger charge is -2.04. The summed E-state index contributed by atoms with van der Waals surface area (Å²) in [5.74, 6) is 0.919. The van der Waals surface area contributed by atoms with Crippen LogP contribution in [0.5, 0.6) is 0 Å². The average molecular weight is 454 g/mol. The highest BCUT2D eigenvalue weighted by molar-refractivity contribution is 7.98. The first-order valence-electron chi connectivity index (χ1n) is 9.56. The largest absolute Gasteiger partial charge is 0.326 e. The number of thiazole rings is 1. The van der Waals surface area contributed by atoms with Crippen LogP contribution >= 0.6 is 23.1 Å². The van der Waals surface area contributed by atoms with Crippen molar-refractivity contribution >= 4 is 34.7 Å². The number of anilines is 1. The van der Waals surface area contributed by atoms with Gasteiger partial charge in [0, 0.05) is 29.4 Å². The van der Waals surface area contributed by atoms with E-state index in [0.717, 1.165) is 32.7 Å². The molecule has 0 atom stereocenters. The molecule has 1 amide bonds. The Morgan fingerprint density at radius 2 is 1.87 bits per heavy atom. The molecule has 1 N–H and O–H groups in total. The topological polar surface area (TPSA) is 72.7 Å². The molecular formula is C22H20FN5OS2. The van der Waals surface area contributed by atoms with Gasteiger partial charge in [0.2, 0.25) is 5.91 Å². The van der Waals surface area contributed by atoms with Crippen molar-refractivity contribution in [3.05, 3.63) is 76.0 Å². The van der Waals surface area contributed by atoms with Crippen molar-refractivity contribution in [1.82, 2.24) is 19.7 Å². The second-order valence-corrected chi connectivity index (χ2v) is 8.87. The third kappa shape index (κ3) is 5.36. The van der Waals surface area contributed by atoms with E-state index in [4.69, 9.17) is 0 Å². The van der Waals surface area contributed by atoms with E-state index in [-0.39, 0.29) is 18.1 Å². The van der Waals surface area contributed by atoms with Crippen molar-refractivity contribution in [2.75, 3.05) is 5.32 Å². The highest BCUT2D eigenvalue weighted by Gasteiger charge is 2.13. The average Bonchev–Trinajstić information content (AvgIpc) is 3.35. The van der Waals surface area contributed by atoms with Crippen molar-refractivity contribution in [3.63, 3.8) is 0 Å². The monoisotopic (exact) mass is 453 g/mol. The number of hydrogen-bond donors (Lipinski definition) is 1. The van der Waals surface area contributed by atoms with Crippen LogP contribution in [0.4, 0.5) is 10.1 Å². The first kappa shape index (κ1) is 21.2. The standard InChI is InChI=1S/C22H20FN5OS2/c1-14-3-9-17(10-4-14)24-19(29)11-20-25-18(12-30-20)13-31-22-27-26-21(28(22)2)15-5-7-16(23)8-6-15/h3-10,12H,11,13H2,1-2H3,(H,24,29). The van der Waals surface area contributed by atoms with Gasteiger partial charge in [-0.05, 0) is 43.3 Å². The van der Waals surface area contributed by atoms with Gasteiger partial charge in [-0.1, -0.05) is 29.5 Å². The molecule has 0 fully saturated rings. The second kappa shape index (κ2) is 9.40. The number of halogens is 1. The summed E-state index contributed by atoms with van der Waals surface area (Å²) in [5.41, 5.74) is 3.62. The molecule has 2 aromatic heterocycles. The van der Waals surface area contributed by atoms with E-state index in [0.29, 0.717) is 11.6 Å². The molecule has 4 aromatic rings. The Morgan fingerprint density at radius 3 is 2.61 bits per heavy atom. The highest BCUT2D eigenvalue weighted by Crippen LogP contribution is 2.26. The molecule has 158 valence electrons. The Hall–Kier alpha value is -3.04. The van der Waals surface area contributed by atoms with Gasteiger partial charge in [-0.2, -0.15) is 0 Å². The maximum absolute atomic E-state index is 13.1. The fourth-order valence-corrected chi connectivity index (χ4v) is 4.61. The van der Waals surface area contributed by atoms with Crippen LogP contribution in [0.2, 0.25) is 0 Å². The fourth-order valence-electron chi connectivity index (χ4n) is 2.91. The van der Waals surface area contributed by atoms with Gasteiger partial charge >= 0.3 is 0 Å². The summed E-state index contributed by atoms with van der Waals surface area (Å²) < 4.78 is 15.0. The van der Waals surface area contributed by atoms with Crippen molar-refractivity contribution in [3.8, 4) is 11.4 Å². The first-order valence-corrected chi connectivity index (χ1v) is 11.4. The summed E-state index contributed by atoms with van der Waals surface area (Å²) in [6, 6.07) is 13.9. The summed E-state index contributed by atoms with van der Waals surface area (Å²) in [4.78, 5) is 16.8. The number of amides is 1. The molecule has 2 heterocycles. The number of benzene rings is 2. The number of hydrogen-bond acceptors (Lipinski definition) is 6. The van der Waals surface area contributed by atoms with Gasteiger partial charge in [-0.15, -0.1) is 21.5 Å². The zero-order chi connectivity index (χ0) is 21.8. The molecule has 0 aliphatic carbocycles. The van der Waals surface area contributed by atoms with Gasteiger partial charge in [0.15, 0.2) is 11.0 Å². The van der Waals surface area contributed by atoms with E-state index in [1.54, 1.807) is 12.1 Å². The van der Waals surface area contributed by atoms with E-state index in [2.05, 4.69) is 20.5 Å². The zero-order valence-corrected chi connectivity index (χ0v) is 18.6. The Labute approximate surface area is 187 Å². The number of carbonyl (C=O) groups excluding carboxylic acids is 1. The number of aromatic nitrogens is 4. The summed E-state index contributed by atoms with van der Waals surface area (Å²) >= 11 is 2.98. The molecule has 0 aliphatic heterocycles. The summed E-state index contributed by atoms with van der Waals surface area (Å²) in [5, 5.41) is 14.8. The van der Waals surface area contributed by atoms with E-state index in [1.807, 2.05) is 48.2 Å². The molecule has 0 unspecified atom stereocenters. The van der Waals surface area contributed by atoms with Gasteiger partial charge in [0.25, 0.3) is 0 Å². The van der Waals surface area contributed by atoms with Crippen LogP contribution in [0, 0.1) is 12.7 Å². The van der Waals surface area contributed by atoms with Gasteiger partial charge in [-0.25, -0.2) is 9.37 Å². The lowest BCUT2D eigenvalue weighted by molar-refractivity contribution is -0.115. The maximum Gasteiger partial charge on any atom is 0.231 e. The molecule has 0 spiro atoms. The molecule has 0 saturated heterocycles. The minimum atomic E-state index is -0.285. The van der Waals surface area contributed by atoms with Crippen LogP contribution in [-0.4, -0.2) is 25.7 Å². The smallest absolute Gasteiger partial charge is 0.231 e. The van der Waals surface area contributed by atoms with Gasteiger partial charge in [0.05, 0.1) is 12.1 Å². The van der Waals surface area contributed by atoms with Crippen LogP contribution in [-0.2, 0) is 24.0 Å². The number of carbonyl (C=O) groups is 1. The SMILES string of the molecule is Cc1ccc(NC(=O)Cc2nc(CSc3nnc(-c4ccc(F)cc4)n3C)cs2)cc1. The van der Waals surface area contributed by atoms with Crippen LogP contribution in [0.1, 0.15) is 16.3 Å². The second-order valence-electron chi connectivity index (χ2n) is 6.98. The molecule has 0 radical (unpaired) electrons. The molecule has 4 rings (SSSR count). The Balaban J connectivity index is 1.33. The predicted octanol–water partition coefficient (Wildman–Crippen LogP) is 4.86. The van der Waals surface area contributed by atoms with Crippen molar-refractivity contribution < 1.29 is 9.18 Å². The summed E-state index contributed by atoms with van der Waals surface area (Å²) in [6.45, 7) is 2.01. The normalized spacial score (nSPS) is 10.9. The third-order valence-corrected chi connectivity index (χ3v) is 6.48. The summed E-state index contributed by atoms with van der Waals surface area (Å²) in [6.07, 6.45) is 0.238. The molecule has 0 saturated carbocycles. The lowest BCUT2D eigenvalue weighted by atomic mass is 10.2. The molecule has 2 aromatic carbocycles. The Morgan fingerprint density at radius 1 is 1.13 bits per heavy atom. The van der Waals surface area contributed by atoms with Crippen LogP contribution in [0.15, 0.2) is 59.1 Å². The summed E-state index contributed by atoms with van der Waals surface area (Å²) in [7, 11) is 1.88. The van der Waals surface area contributed by atoms with E-state index in [1.165, 1.54) is 35.2 Å². The number of aryl methyl sites for hydroxylation is 1. The first-order chi connectivity index (χ1) is 15.0. The fraction of sp³-hybridized carbons (Fsp3) is 0.182. The maximum atomic E-state index is 13.1. The molecule has 6 nitrogen and oxygen atoms in total. The van der Waals surface area contributed by atoms with E-state index < -0.39 is 0 Å². The molecule has 31 heavy (non-hydrogen) atoms. The van der Waals surface area contributed by atoms with E-state index in [9.17, 15) is 9.18 Å². The predicted molar refractivity (Wildman–Crippen MR) is 122 cm³/mol. The number of rotatable bonds is 7. The van der Waals surface area contributed by atoms with Crippen molar-refractivity contribution in [1.29, 1.82) is 0 Å². The van der Waals surface area contributed by atoms with Crippen LogP contribution in [0.25, 0.3) is 11.4 Å². The molecular weight excluding hydrogens is 433 g/mol. The minimum Gasteiger partial charge on any atom is -0.326 e. The van der Waals surface area contributed by atoms with E-state index >= 15 is 0 Å². The van der Waals surface area contributed by atoms with Crippen LogP contribution < -0.4 is 5.32 Å². The Kier molecular flexibility index (Phi) is 6.43. The highest BCUT2D eigenvalue weighted by atomic mass is 32.2. The van der Waals surface area contributed by atoms with Gasteiger partial charge in [-0.3, -0.25) is 4.79 Å². The number of nitrogens with one attached hydrogen (secondary N) is 1. The zero-order valence-electron chi connectivity index (χ0n) is 17.0. The molecule has 0 aliphatic rings. The molecule has 0 bridgehead atoms.